The summed E-state index contributed by atoms with van der Waals surface area (Å²) in [6, 6.07) is 13.6. The third kappa shape index (κ3) is 4.61. The average molecular weight is 502 g/mol. The summed E-state index contributed by atoms with van der Waals surface area (Å²) in [5.41, 5.74) is 0.546. The SMILES string of the molecule is CN1CCN(C(=O)CC(c2cccnc2)c2c(O)c(O)c(O)c3c(=O)cc(-c4ccccc4)oc23)CC1. The van der Waals surface area contributed by atoms with Crippen LogP contribution in [-0.2, 0) is 4.79 Å². The summed E-state index contributed by atoms with van der Waals surface area (Å²) in [6.07, 6.45) is 3.08. The molecule has 3 N–H and O–H groups in total. The molecule has 0 aliphatic carbocycles. The van der Waals surface area contributed by atoms with Crippen LogP contribution in [0.2, 0.25) is 0 Å². The van der Waals surface area contributed by atoms with Gasteiger partial charge in [0.2, 0.25) is 11.7 Å². The summed E-state index contributed by atoms with van der Waals surface area (Å²) >= 11 is 0. The molecule has 2 aromatic heterocycles. The Balaban J connectivity index is 1.72. The summed E-state index contributed by atoms with van der Waals surface area (Å²) in [5, 5.41) is 32.0. The number of hydrogen-bond donors (Lipinski definition) is 3. The second-order valence-electron chi connectivity index (χ2n) is 9.23. The van der Waals surface area contributed by atoms with Gasteiger partial charge in [-0.15, -0.1) is 0 Å². The van der Waals surface area contributed by atoms with Gasteiger partial charge in [0, 0.05) is 68.1 Å². The number of aromatic nitrogens is 1. The van der Waals surface area contributed by atoms with Gasteiger partial charge in [0.1, 0.15) is 16.7 Å². The minimum absolute atomic E-state index is 0.0376. The van der Waals surface area contributed by atoms with Gasteiger partial charge in [-0.25, -0.2) is 0 Å². The monoisotopic (exact) mass is 501 g/mol. The number of carbonyl (C=O) groups excluding carboxylic acids is 1. The molecule has 3 heterocycles. The van der Waals surface area contributed by atoms with Crippen LogP contribution in [0.5, 0.6) is 17.2 Å². The van der Waals surface area contributed by atoms with Crippen molar-refractivity contribution in [1.82, 2.24) is 14.8 Å². The van der Waals surface area contributed by atoms with Gasteiger partial charge in [0.05, 0.1) is 0 Å². The second-order valence-corrected chi connectivity index (χ2v) is 9.23. The number of nitrogens with zero attached hydrogens (tertiary/aromatic N) is 3. The molecule has 5 rings (SSSR count). The molecule has 1 saturated heterocycles. The fraction of sp³-hybridized carbons (Fsp3) is 0.250. The number of hydrogen-bond acceptors (Lipinski definition) is 8. The zero-order valence-corrected chi connectivity index (χ0v) is 20.3. The zero-order chi connectivity index (χ0) is 26.1. The molecule has 37 heavy (non-hydrogen) atoms. The maximum absolute atomic E-state index is 13.4. The van der Waals surface area contributed by atoms with Gasteiger partial charge in [-0.1, -0.05) is 36.4 Å². The fourth-order valence-electron chi connectivity index (χ4n) is 4.77. The standard InChI is InChI=1S/C28H27N3O6/c1-30-10-12-31(13-11-30)22(33)14-19(18-8-5-9-29-16-18)23-25(34)27(36)26(35)24-20(32)15-21(37-28(23)24)17-6-3-2-4-7-17/h2-9,15-16,19,34-36H,10-14H2,1H3. The van der Waals surface area contributed by atoms with Gasteiger partial charge >= 0.3 is 0 Å². The van der Waals surface area contributed by atoms with Crippen LogP contribution in [0.15, 0.2) is 70.1 Å². The highest BCUT2D eigenvalue weighted by Gasteiger charge is 2.32. The number of phenols is 3. The van der Waals surface area contributed by atoms with Crippen molar-refractivity contribution in [3.05, 3.63) is 82.3 Å². The maximum Gasteiger partial charge on any atom is 0.223 e. The molecule has 0 spiro atoms. The van der Waals surface area contributed by atoms with E-state index in [-0.39, 0.29) is 34.6 Å². The van der Waals surface area contributed by atoms with Crippen LogP contribution in [0.3, 0.4) is 0 Å². The molecular formula is C28H27N3O6. The normalized spacial score (nSPS) is 15.1. The van der Waals surface area contributed by atoms with E-state index in [1.165, 1.54) is 6.07 Å². The van der Waals surface area contributed by atoms with Crippen molar-refractivity contribution in [2.24, 2.45) is 0 Å². The van der Waals surface area contributed by atoms with Gasteiger partial charge in [0.25, 0.3) is 0 Å². The van der Waals surface area contributed by atoms with Crippen molar-refractivity contribution < 1.29 is 24.5 Å². The molecule has 0 saturated carbocycles. The van der Waals surface area contributed by atoms with E-state index in [4.69, 9.17) is 4.42 Å². The summed E-state index contributed by atoms with van der Waals surface area (Å²) in [6.45, 7) is 2.62. The Bertz CT molecular complexity index is 1500. The Morgan fingerprint density at radius 3 is 2.41 bits per heavy atom. The molecule has 1 fully saturated rings. The molecule has 1 aliphatic heterocycles. The molecular weight excluding hydrogens is 474 g/mol. The third-order valence-corrected chi connectivity index (χ3v) is 6.86. The number of carbonyl (C=O) groups is 1. The lowest BCUT2D eigenvalue weighted by atomic mass is 9.86. The minimum atomic E-state index is -0.844. The molecule has 190 valence electrons. The number of likely N-dealkylation sites (N-methyl/N-ethyl adjacent to an activating group) is 1. The van der Waals surface area contributed by atoms with Gasteiger partial charge in [-0.05, 0) is 18.7 Å². The lowest BCUT2D eigenvalue weighted by Gasteiger charge is -2.33. The first-order valence-corrected chi connectivity index (χ1v) is 12.0. The molecule has 1 atom stereocenters. The topological polar surface area (TPSA) is 127 Å². The molecule has 4 aromatic rings. The molecule has 9 nitrogen and oxygen atoms in total. The lowest BCUT2D eigenvalue weighted by Crippen LogP contribution is -2.47. The molecule has 1 unspecified atom stereocenters. The van der Waals surface area contributed by atoms with E-state index in [0.29, 0.717) is 24.2 Å². The first kappa shape index (κ1) is 24.3. The van der Waals surface area contributed by atoms with Gasteiger partial charge in [-0.2, -0.15) is 0 Å². The Morgan fingerprint density at radius 2 is 1.73 bits per heavy atom. The summed E-state index contributed by atoms with van der Waals surface area (Å²) in [4.78, 5) is 34.7. The molecule has 9 heteroatoms. The lowest BCUT2D eigenvalue weighted by molar-refractivity contribution is -0.133. The van der Waals surface area contributed by atoms with Crippen LogP contribution in [0.25, 0.3) is 22.3 Å². The first-order chi connectivity index (χ1) is 17.8. The molecule has 0 bridgehead atoms. The number of fused-ring (bicyclic) bond motifs is 1. The highest BCUT2D eigenvalue weighted by Crippen LogP contribution is 2.49. The van der Waals surface area contributed by atoms with E-state index >= 15 is 0 Å². The van der Waals surface area contributed by atoms with Crippen LogP contribution in [-0.4, -0.2) is 69.2 Å². The van der Waals surface area contributed by atoms with Crippen LogP contribution in [0, 0.1) is 0 Å². The molecule has 1 amide bonds. The molecule has 1 aliphatic rings. The number of amides is 1. The molecule has 2 aromatic carbocycles. The number of rotatable bonds is 5. The van der Waals surface area contributed by atoms with Crippen LogP contribution in [0.4, 0.5) is 0 Å². The van der Waals surface area contributed by atoms with Crippen molar-refractivity contribution in [1.29, 1.82) is 0 Å². The number of piperazine rings is 1. The van der Waals surface area contributed by atoms with Crippen LogP contribution in [0.1, 0.15) is 23.5 Å². The summed E-state index contributed by atoms with van der Waals surface area (Å²) in [5.74, 6) is -3.02. The Morgan fingerprint density at radius 1 is 1.00 bits per heavy atom. The Labute approximate surface area is 212 Å². The second kappa shape index (κ2) is 9.94. The minimum Gasteiger partial charge on any atom is -0.504 e. The maximum atomic E-state index is 13.4. The van der Waals surface area contributed by atoms with E-state index in [0.717, 1.165) is 13.1 Å². The Kier molecular flexibility index (Phi) is 6.54. The van der Waals surface area contributed by atoms with Gasteiger partial charge in [-0.3, -0.25) is 14.6 Å². The van der Waals surface area contributed by atoms with Crippen molar-refractivity contribution >= 4 is 16.9 Å². The number of pyridine rings is 1. The highest BCUT2D eigenvalue weighted by molar-refractivity contribution is 5.94. The quantitative estimate of drug-likeness (QED) is 0.356. The fourth-order valence-corrected chi connectivity index (χ4v) is 4.77. The van der Waals surface area contributed by atoms with E-state index in [1.54, 1.807) is 53.7 Å². The van der Waals surface area contributed by atoms with Crippen molar-refractivity contribution in [3.8, 4) is 28.6 Å². The van der Waals surface area contributed by atoms with Crippen molar-refractivity contribution in [2.75, 3.05) is 33.2 Å². The average Bonchev–Trinajstić information content (AvgIpc) is 2.92. The van der Waals surface area contributed by atoms with Crippen LogP contribution < -0.4 is 5.43 Å². The van der Waals surface area contributed by atoms with E-state index < -0.39 is 28.6 Å². The highest BCUT2D eigenvalue weighted by atomic mass is 16.3. The summed E-state index contributed by atoms with van der Waals surface area (Å²) in [7, 11) is 2.00. The van der Waals surface area contributed by atoms with Crippen LogP contribution >= 0.6 is 0 Å². The molecule has 0 radical (unpaired) electrons. The predicted molar refractivity (Wildman–Crippen MR) is 138 cm³/mol. The smallest absolute Gasteiger partial charge is 0.223 e. The van der Waals surface area contributed by atoms with E-state index in [9.17, 15) is 24.9 Å². The van der Waals surface area contributed by atoms with Gasteiger partial charge in [0.15, 0.2) is 16.9 Å². The van der Waals surface area contributed by atoms with E-state index in [1.807, 2.05) is 13.1 Å². The Hall–Kier alpha value is -4.37. The van der Waals surface area contributed by atoms with Crippen molar-refractivity contribution in [2.45, 2.75) is 12.3 Å². The first-order valence-electron chi connectivity index (χ1n) is 12.0. The van der Waals surface area contributed by atoms with Gasteiger partial charge < -0.3 is 29.5 Å². The number of benzene rings is 2. The predicted octanol–water partition coefficient (Wildman–Crippen LogP) is 3.27. The number of aromatic hydroxyl groups is 3. The summed E-state index contributed by atoms with van der Waals surface area (Å²) < 4.78 is 6.14. The largest absolute Gasteiger partial charge is 0.504 e. The number of phenolic OH excluding ortho intramolecular Hbond substituents is 3. The third-order valence-electron chi connectivity index (χ3n) is 6.86. The zero-order valence-electron chi connectivity index (χ0n) is 20.3. The van der Waals surface area contributed by atoms with E-state index in [2.05, 4.69) is 9.88 Å². The van der Waals surface area contributed by atoms with Crippen molar-refractivity contribution in [3.63, 3.8) is 0 Å².